The molecule has 1 aromatic rings. The van der Waals surface area contributed by atoms with Crippen molar-refractivity contribution in [1.82, 2.24) is 5.32 Å². The number of allylic oxidation sites excluding steroid dienone is 2. The van der Waals surface area contributed by atoms with Crippen molar-refractivity contribution in [2.24, 2.45) is 11.8 Å². The molecule has 4 nitrogen and oxygen atoms in total. The zero-order chi connectivity index (χ0) is 15.4. The van der Waals surface area contributed by atoms with Gasteiger partial charge in [0.05, 0.1) is 17.9 Å². The van der Waals surface area contributed by atoms with Crippen LogP contribution in [-0.4, -0.2) is 17.0 Å². The summed E-state index contributed by atoms with van der Waals surface area (Å²) in [5.74, 6) is -2.23. The van der Waals surface area contributed by atoms with Gasteiger partial charge in [0.2, 0.25) is 5.91 Å². The topological polar surface area (TPSA) is 66.4 Å². The van der Waals surface area contributed by atoms with Crippen LogP contribution in [0.25, 0.3) is 0 Å². The first kappa shape index (κ1) is 15.8. The van der Waals surface area contributed by atoms with Gasteiger partial charge in [0.25, 0.3) is 0 Å². The largest absolute Gasteiger partial charge is 0.481 e. The highest BCUT2D eigenvalue weighted by atomic mass is 79.9. The van der Waals surface area contributed by atoms with E-state index in [0.717, 1.165) is 10.0 Å². The van der Waals surface area contributed by atoms with Crippen molar-refractivity contribution in [3.63, 3.8) is 0 Å². The summed E-state index contributed by atoms with van der Waals surface area (Å²) in [6, 6.07) is 7.56. The smallest absolute Gasteiger partial charge is 0.307 e. The van der Waals surface area contributed by atoms with Gasteiger partial charge in [0, 0.05) is 4.47 Å². The van der Waals surface area contributed by atoms with Gasteiger partial charge in [-0.3, -0.25) is 9.59 Å². The van der Waals surface area contributed by atoms with E-state index in [-0.39, 0.29) is 11.9 Å². The Morgan fingerprint density at radius 2 is 1.76 bits per heavy atom. The third-order valence-electron chi connectivity index (χ3n) is 3.82. The molecule has 1 aromatic carbocycles. The maximum atomic E-state index is 12.3. The molecule has 0 fully saturated rings. The van der Waals surface area contributed by atoms with Crippen molar-refractivity contribution in [2.45, 2.75) is 25.8 Å². The van der Waals surface area contributed by atoms with E-state index in [2.05, 4.69) is 21.2 Å². The summed E-state index contributed by atoms with van der Waals surface area (Å²) in [5.41, 5.74) is 0.991. The zero-order valence-electron chi connectivity index (χ0n) is 11.8. The number of benzene rings is 1. The molecule has 0 aromatic heterocycles. The first-order valence-corrected chi connectivity index (χ1v) is 7.72. The van der Waals surface area contributed by atoms with E-state index in [4.69, 9.17) is 0 Å². The van der Waals surface area contributed by atoms with Crippen LogP contribution in [0.1, 0.15) is 31.4 Å². The maximum Gasteiger partial charge on any atom is 0.307 e. The fraction of sp³-hybridized carbons (Fsp3) is 0.375. The molecular weight excluding hydrogens is 334 g/mol. The van der Waals surface area contributed by atoms with Crippen LogP contribution >= 0.6 is 15.9 Å². The molecule has 0 radical (unpaired) electrons. The van der Waals surface area contributed by atoms with E-state index >= 15 is 0 Å². The number of amides is 1. The number of hydrogen-bond acceptors (Lipinski definition) is 2. The van der Waals surface area contributed by atoms with E-state index in [1.54, 1.807) is 0 Å². The first-order chi connectivity index (χ1) is 9.99. The Balaban J connectivity index is 2.04. The van der Waals surface area contributed by atoms with Gasteiger partial charge >= 0.3 is 5.97 Å². The lowest BCUT2D eigenvalue weighted by Crippen LogP contribution is -2.39. The van der Waals surface area contributed by atoms with Crippen molar-refractivity contribution in [3.05, 3.63) is 46.5 Å². The number of rotatable bonds is 4. The van der Waals surface area contributed by atoms with Crippen molar-refractivity contribution < 1.29 is 14.7 Å². The number of halogens is 1. The van der Waals surface area contributed by atoms with Gasteiger partial charge in [-0.1, -0.05) is 40.2 Å². The molecular formula is C16H18BrNO3. The second-order valence-corrected chi connectivity index (χ2v) is 6.19. The van der Waals surface area contributed by atoms with Gasteiger partial charge in [-0.25, -0.2) is 0 Å². The molecule has 0 spiro atoms. The fourth-order valence-corrected chi connectivity index (χ4v) is 2.80. The zero-order valence-corrected chi connectivity index (χ0v) is 13.3. The highest BCUT2D eigenvalue weighted by molar-refractivity contribution is 9.10. The lowest BCUT2D eigenvalue weighted by atomic mass is 9.82. The third-order valence-corrected chi connectivity index (χ3v) is 4.34. The van der Waals surface area contributed by atoms with Crippen LogP contribution in [0.5, 0.6) is 0 Å². The van der Waals surface area contributed by atoms with Crippen molar-refractivity contribution in [3.8, 4) is 0 Å². The van der Waals surface area contributed by atoms with Crippen LogP contribution in [-0.2, 0) is 9.59 Å². The summed E-state index contributed by atoms with van der Waals surface area (Å²) >= 11 is 3.37. The Morgan fingerprint density at radius 1 is 1.19 bits per heavy atom. The molecule has 2 rings (SSSR count). The van der Waals surface area contributed by atoms with Gasteiger partial charge in [0.1, 0.15) is 0 Å². The predicted molar refractivity (Wildman–Crippen MR) is 83.7 cm³/mol. The highest BCUT2D eigenvalue weighted by Crippen LogP contribution is 2.27. The van der Waals surface area contributed by atoms with E-state index in [9.17, 15) is 14.7 Å². The summed E-state index contributed by atoms with van der Waals surface area (Å²) in [6.45, 7) is 1.90. The van der Waals surface area contributed by atoms with Crippen molar-refractivity contribution in [2.75, 3.05) is 0 Å². The molecule has 0 saturated heterocycles. The van der Waals surface area contributed by atoms with Crippen LogP contribution in [0, 0.1) is 11.8 Å². The van der Waals surface area contributed by atoms with E-state index in [1.165, 1.54) is 0 Å². The maximum absolute atomic E-state index is 12.3. The van der Waals surface area contributed by atoms with Gasteiger partial charge in [-0.15, -0.1) is 0 Å². The normalized spacial score (nSPS) is 22.6. The average Bonchev–Trinajstić information content (AvgIpc) is 2.47. The standard InChI is InChI=1S/C16H18BrNO3/c1-10(11-6-8-12(17)9-7-11)18-15(19)13-4-2-3-5-14(13)16(20)21/h2-3,6-10,13-14H,4-5H2,1H3,(H,18,19)(H,20,21)/t10?,13-,14+/m1/s1. The molecule has 0 bridgehead atoms. The highest BCUT2D eigenvalue weighted by Gasteiger charge is 2.34. The average molecular weight is 352 g/mol. The molecule has 0 aliphatic heterocycles. The van der Waals surface area contributed by atoms with Gasteiger partial charge in [0.15, 0.2) is 0 Å². The van der Waals surface area contributed by atoms with E-state index < -0.39 is 17.8 Å². The van der Waals surface area contributed by atoms with E-state index in [0.29, 0.717) is 12.8 Å². The van der Waals surface area contributed by atoms with Crippen LogP contribution in [0.2, 0.25) is 0 Å². The lowest BCUT2D eigenvalue weighted by Gasteiger charge is -2.26. The van der Waals surface area contributed by atoms with Crippen molar-refractivity contribution >= 4 is 27.8 Å². The molecule has 112 valence electrons. The SMILES string of the molecule is CC(NC(=O)[C@@H]1CC=CC[C@@H]1C(=O)O)c1ccc(Br)cc1. The summed E-state index contributed by atoms with van der Waals surface area (Å²) in [7, 11) is 0. The number of carbonyl (C=O) groups is 2. The minimum Gasteiger partial charge on any atom is -0.481 e. The molecule has 5 heteroatoms. The molecule has 0 saturated carbocycles. The fourth-order valence-electron chi connectivity index (χ4n) is 2.53. The molecule has 2 N–H and O–H groups in total. The number of hydrogen-bond donors (Lipinski definition) is 2. The minimum atomic E-state index is -0.907. The second kappa shape index (κ2) is 6.89. The Kier molecular flexibility index (Phi) is 5.17. The number of carboxylic acids is 1. The predicted octanol–water partition coefficient (Wildman–Crippen LogP) is 3.29. The number of carboxylic acid groups (broad SMARTS) is 1. The van der Waals surface area contributed by atoms with E-state index in [1.807, 2.05) is 43.3 Å². The van der Waals surface area contributed by atoms with Crippen LogP contribution in [0.3, 0.4) is 0 Å². The summed E-state index contributed by atoms with van der Waals surface area (Å²) < 4.78 is 0.980. The van der Waals surface area contributed by atoms with Gasteiger partial charge < -0.3 is 10.4 Å². The van der Waals surface area contributed by atoms with Crippen LogP contribution in [0.4, 0.5) is 0 Å². The Hall–Kier alpha value is -1.62. The lowest BCUT2D eigenvalue weighted by molar-refractivity contribution is -0.147. The second-order valence-electron chi connectivity index (χ2n) is 5.28. The number of carbonyl (C=O) groups excluding carboxylic acids is 1. The summed E-state index contributed by atoms with van der Waals surface area (Å²) in [6.07, 6.45) is 4.62. The molecule has 21 heavy (non-hydrogen) atoms. The summed E-state index contributed by atoms with van der Waals surface area (Å²) in [4.78, 5) is 23.6. The third kappa shape index (κ3) is 3.94. The molecule has 0 heterocycles. The molecule has 3 atom stereocenters. The summed E-state index contributed by atoms with van der Waals surface area (Å²) in [5, 5.41) is 12.1. The monoisotopic (exact) mass is 351 g/mol. The Morgan fingerprint density at radius 3 is 2.33 bits per heavy atom. The molecule has 1 unspecified atom stereocenters. The Bertz CT molecular complexity index is 553. The molecule has 1 aliphatic carbocycles. The Labute approximate surface area is 132 Å². The van der Waals surface area contributed by atoms with Gasteiger partial charge in [-0.05, 0) is 37.5 Å². The first-order valence-electron chi connectivity index (χ1n) is 6.92. The minimum absolute atomic E-state index is 0.147. The number of nitrogens with one attached hydrogen (secondary N) is 1. The molecule has 1 aliphatic rings. The quantitative estimate of drug-likeness (QED) is 0.818. The van der Waals surface area contributed by atoms with Crippen molar-refractivity contribution in [1.29, 1.82) is 0 Å². The number of aliphatic carboxylic acids is 1. The van der Waals surface area contributed by atoms with Crippen LogP contribution < -0.4 is 5.32 Å². The molecule has 1 amide bonds. The van der Waals surface area contributed by atoms with Crippen LogP contribution in [0.15, 0.2) is 40.9 Å². The van der Waals surface area contributed by atoms with Gasteiger partial charge in [-0.2, -0.15) is 0 Å².